The van der Waals surface area contributed by atoms with E-state index < -0.39 is 9.84 Å². The van der Waals surface area contributed by atoms with Crippen molar-refractivity contribution in [3.8, 4) is 0 Å². The number of carbonyl (C=O) groups excluding carboxylic acids is 1. The second-order valence-corrected chi connectivity index (χ2v) is 7.75. The zero-order chi connectivity index (χ0) is 14.9. The van der Waals surface area contributed by atoms with Gasteiger partial charge in [-0.3, -0.25) is 4.79 Å². The highest BCUT2D eigenvalue weighted by Gasteiger charge is 2.34. The standard InChI is InChI=1S/C15H21NO3S/c1-4-16(14-5-6-20(18,19)10-14)15(17)13-8-11(2)7-12(3)9-13/h7-9,14H,4-6,10H2,1-3H3. The molecular weight excluding hydrogens is 274 g/mol. The Bertz CT molecular complexity index is 602. The van der Waals surface area contributed by atoms with Crippen LogP contribution in [0.25, 0.3) is 0 Å². The molecule has 0 saturated carbocycles. The molecule has 1 aliphatic rings. The lowest BCUT2D eigenvalue weighted by Gasteiger charge is -2.27. The third-order valence-electron chi connectivity index (χ3n) is 3.72. The molecule has 1 atom stereocenters. The zero-order valence-corrected chi connectivity index (χ0v) is 13.0. The lowest BCUT2D eigenvalue weighted by atomic mass is 10.1. The number of hydrogen-bond donors (Lipinski definition) is 0. The number of rotatable bonds is 3. The van der Waals surface area contributed by atoms with E-state index in [4.69, 9.17) is 0 Å². The number of nitrogens with zero attached hydrogens (tertiary/aromatic N) is 1. The molecule has 5 heteroatoms. The SMILES string of the molecule is CCN(C(=O)c1cc(C)cc(C)c1)C1CCS(=O)(=O)C1. The average Bonchev–Trinajstić information content (AvgIpc) is 2.69. The molecule has 0 spiro atoms. The van der Waals surface area contributed by atoms with Crippen LogP contribution < -0.4 is 0 Å². The lowest BCUT2D eigenvalue weighted by molar-refractivity contribution is 0.0708. The number of hydrogen-bond acceptors (Lipinski definition) is 3. The van der Waals surface area contributed by atoms with Crippen molar-refractivity contribution in [2.75, 3.05) is 18.1 Å². The van der Waals surface area contributed by atoms with Crippen LogP contribution >= 0.6 is 0 Å². The Balaban J connectivity index is 2.25. The molecule has 0 radical (unpaired) electrons. The quantitative estimate of drug-likeness (QED) is 0.856. The van der Waals surface area contributed by atoms with Gasteiger partial charge in [0.05, 0.1) is 11.5 Å². The van der Waals surface area contributed by atoms with Gasteiger partial charge < -0.3 is 4.90 Å². The average molecular weight is 295 g/mol. The van der Waals surface area contributed by atoms with Gasteiger partial charge in [-0.1, -0.05) is 17.2 Å². The molecule has 0 bridgehead atoms. The van der Waals surface area contributed by atoms with Crippen LogP contribution in [0.4, 0.5) is 0 Å². The lowest BCUT2D eigenvalue weighted by Crippen LogP contribution is -2.41. The van der Waals surface area contributed by atoms with Gasteiger partial charge in [0.15, 0.2) is 9.84 Å². The van der Waals surface area contributed by atoms with Crippen molar-refractivity contribution >= 4 is 15.7 Å². The summed E-state index contributed by atoms with van der Waals surface area (Å²) in [4.78, 5) is 14.3. The fraction of sp³-hybridized carbons (Fsp3) is 0.533. The molecule has 4 nitrogen and oxygen atoms in total. The van der Waals surface area contributed by atoms with Crippen molar-refractivity contribution < 1.29 is 13.2 Å². The molecule has 0 aromatic heterocycles. The van der Waals surface area contributed by atoms with Gasteiger partial charge in [0, 0.05) is 18.2 Å². The van der Waals surface area contributed by atoms with Crippen LogP contribution in [0, 0.1) is 13.8 Å². The van der Waals surface area contributed by atoms with Gasteiger partial charge in [-0.2, -0.15) is 0 Å². The van der Waals surface area contributed by atoms with Gasteiger partial charge in [-0.05, 0) is 39.3 Å². The van der Waals surface area contributed by atoms with Crippen LogP contribution in [-0.4, -0.2) is 43.3 Å². The van der Waals surface area contributed by atoms with Crippen molar-refractivity contribution in [2.45, 2.75) is 33.2 Å². The minimum Gasteiger partial charge on any atom is -0.335 e. The first-order valence-electron chi connectivity index (χ1n) is 6.92. The molecule has 20 heavy (non-hydrogen) atoms. The maximum atomic E-state index is 12.6. The second kappa shape index (κ2) is 5.56. The molecule has 0 N–H and O–H groups in total. The first-order valence-corrected chi connectivity index (χ1v) is 8.74. The van der Waals surface area contributed by atoms with E-state index in [1.54, 1.807) is 4.90 Å². The normalized spacial score (nSPS) is 20.9. The van der Waals surface area contributed by atoms with Crippen LogP contribution in [0.5, 0.6) is 0 Å². The van der Waals surface area contributed by atoms with Gasteiger partial charge >= 0.3 is 0 Å². The molecule has 1 amide bonds. The third-order valence-corrected chi connectivity index (χ3v) is 5.47. The Morgan fingerprint density at radius 2 is 1.85 bits per heavy atom. The van der Waals surface area contributed by atoms with Gasteiger partial charge in [-0.25, -0.2) is 8.42 Å². The predicted molar refractivity (Wildman–Crippen MR) is 79.7 cm³/mol. The van der Waals surface area contributed by atoms with Crippen LogP contribution in [0.3, 0.4) is 0 Å². The zero-order valence-electron chi connectivity index (χ0n) is 12.2. The Morgan fingerprint density at radius 1 is 1.25 bits per heavy atom. The monoisotopic (exact) mass is 295 g/mol. The number of benzene rings is 1. The predicted octanol–water partition coefficient (Wildman–Crippen LogP) is 1.95. The van der Waals surface area contributed by atoms with E-state index in [2.05, 4.69) is 0 Å². The van der Waals surface area contributed by atoms with Gasteiger partial charge in [0.2, 0.25) is 0 Å². The van der Waals surface area contributed by atoms with Crippen LogP contribution in [0.2, 0.25) is 0 Å². The minimum atomic E-state index is -2.98. The van der Waals surface area contributed by atoms with Crippen molar-refractivity contribution in [3.63, 3.8) is 0 Å². The Morgan fingerprint density at radius 3 is 2.30 bits per heavy atom. The molecule has 1 aromatic carbocycles. The Labute approximate surface area is 120 Å². The van der Waals surface area contributed by atoms with E-state index >= 15 is 0 Å². The summed E-state index contributed by atoms with van der Waals surface area (Å²) >= 11 is 0. The molecule has 1 saturated heterocycles. The Hall–Kier alpha value is -1.36. The van der Waals surface area contributed by atoms with E-state index in [0.717, 1.165) is 11.1 Å². The molecule has 1 fully saturated rings. The van der Waals surface area contributed by atoms with Crippen molar-refractivity contribution in [3.05, 3.63) is 34.9 Å². The smallest absolute Gasteiger partial charge is 0.254 e. The van der Waals surface area contributed by atoms with Gasteiger partial charge in [0.25, 0.3) is 5.91 Å². The maximum Gasteiger partial charge on any atom is 0.254 e. The minimum absolute atomic E-state index is 0.0681. The van der Waals surface area contributed by atoms with Crippen molar-refractivity contribution in [1.82, 2.24) is 4.90 Å². The van der Waals surface area contributed by atoms with Crippen molar-refractivity contribution in [1.29, 1.82) is 0 Å². The molecule has 0 aliphatic carbocycles. The summed E-state index contributed by atoms with van der Waals surface area (Å²) in [7, 11) is -2.98. The van der Waals surface area contributed by atoms with Crippen LogP contribution in [0.1, 0.15) is 34.8 Å². The first kappa shape index (κ1) is 15.0. The molecule has 2 rings (SSSR count). The van der Waals surface area contributed by atoms with Crippen molar-refractivity contribution in [2.24, 2.45) is 0 Å². The van der Waals surface area contributed by atoms with E-state index in [1.807, 2.05) is 39.0 Å². The summed E-state index contributed by atoms with van der Waals surface area (Å²) in [5.41, 5.74) is 2.74. The summed E-state index contributed by atoms with van der Waals surface area (Å²) in [6.45, 7) is 6.34. The molecular formula is C15H21NO3S. The maximum absolute atomic E-state index is 12.6. The Kier molecular flexibility index (Phi) is 4.18. The number of carbonyl (C=O) groups is 1. The highest BCUT2D eigenvalue weighted by atomic mass is 32.2. The molecule has 1 heterocycles. The van der Waals surface area contributed by atoms with E-state index in [9.17, 15) is 13.2 Å². The van der Waals surface area contributed by atoms with E-state index in [0.29, 0.717) is 18.5 Å². The molecule has 110 valence electrons. The van der Waals surface area contributed by atoms with Gasteiger partial charge in [0.1, 0.15) is 0 Å². The third kappa shape index (κ3) is 3.20. The molecule has 1 aliphatic heterocycles. The highest BCUT2D eigenvalue weighted by molar-refractivity contribution is 7.91. The number of amides is 1. The van der Waals surface area contributed by atoms with Crippen LogP contribution in [0.15, 0.2) is 18.2 Å². The summed E-state index contributed by atoms with van der Waals surface area (Å²) in [6, 6.07) is 5.56. The molecule has 1 unspecified atom stereocenters. The second-order valence-electron chi connectivity index (χ2n) is 5.52. The summed E-state index contributed by atoms with van der Waals surface area (Å²) in [5.74, 6) is 0.215. The first-order chi connectivity index (χ1) is 9.32. The fourth-order valence-corrected chi connectivity index (χ4v) is 4.58. The summed E-state index contributed by atoms with van der Waals surface area (Å²) in [5, 5.41) is 0. The number of aryl methyl sites for hydroxylation is 2. The van der Waals surface area contributed by atoms with E-state index in [-0.39, 0.29) is 23.5 Å². The summed E-state index contributed by atoms with van der Waals surface area (Å²) in [6.07, 6.45) is 0.548. The largest absolute Gasteiger partial charge is 0.335 e. The number of sulfone groups is 1. The fourth-order valence-electron chi connectivity index (χ4n) is 2.85. The van der Waals surface area contributed by atoms with E-state index in [1.165, 1.54) is 0 Å². The topological polar surface area (TPSA) is 54.5 Å². The van der Waals surface area contributed by atoms with Gasteiger partial charge in [-0.15, -0.1) is 0 Å². The highest BCUT2D eigenvalue weighted by Crippen LogP contribution is 2.20. The van der Waals surface area contributed by atoms with Crippen LogP contribution in [-0.2, 0) is 9.84 Å². The molecule has 1 aromatic rings. The summed E-state index contributed by atoms with van der Waals surface area (Å²) < 4.78 is 23.2.